The van der Waals surface area contributed by atoms with Crippen LogP contribution in [-0.4, -0.2) is 24.1 Å². The van der Waals surface area contributed by atoms with Gasteiger partial charge in [-0.05, 0) is 33.3 Å². The molecule has 3 heteroatoms. The highest BCUT2D eigenvalue weighted by atomic mass is 15.1. The Bertz CT molecular complexity index is 355. The standard InChI is InChI=1S/C15H27N3/c1-6-7-10-18(5)14-8-9-16-11-13(14)12-17-15(2,3)4/h8-9,11,17H,6-7,10,12H2,1-5H3. The first kappa shape index (κ1) is 15.0. The lowest BCUT2D eigenvalue weighted by Crippen LogP contribution is -2.35. The highest BCUT2D eigenvalue weighted by molar-refractivity contribution is 5.51. The number of hydrogen-bond acceptors (Lipinski definition) is 3. The van der Waals surface area contributed by atoms with E-state index in [9.17, 15) is 0 Å². The smallest absolute Gasteiger partial charge is 0.0440 e. The Morgan fingerprint density at radius 1 is 1.33 bits per heavy atom. The molecule has 0 bridgehead atoms. The number of unbranched alkanes of at least 4 members (excludes halogenated alkanes) is 1. The first-order valence-corrected chi connectivity index (χ1v) is 6.83. The Hall–Kier alpha value is -1.09. The lowest BCUT2D eigenvalue weighted by atomic mass is 10.1. The molecule has 0 unspecified atom stereocenters. The SMILES string of the molecule is CCCCN(C)c1ccncc1CNC(C)(C)C. The van der Waals surface area contributed by atoms with Crippen LogP contribution in [0.25, 0.3) is 0 Å². The zero-order chi connectivity index (χ0) is 13.6. The summed E-state index contributed by atoms with van der Waals surface area (Å²) in [5, 5.41) is 3.52. The molecule has 0 aliphatic heterocycles. The van der Waals surface area contributed by atoms with Gasteiger partial charge in [-0.3, -0.25) is 4.98 Å². The monoisotopic (exact) mass is 249 g/mol. The van der Waals surface area contributed by atoms with Gasteiger partial charge in [-0.1, -0.05) is 13.3 Å². The lowest BCUT2D eigenvalue weighted by Gasteiger charge is -2.25. The molecule has 18 heavy (non-hydrogen) atoms. The molecule has 1 heterocycles. The molecule has 0 aromatic carbocycles. The van der Waals surface area contributed by atoms with Gasteiger partial charge in [0.25, 0.3) is 0 Å². The Morgan fingerprint density at radius 2 is 2.06 bits per heavy atom. The topological polar surface area (TPSA) is 28.2 Å². The summed E-state index contributed by atoms with van der Waals surface area (Å²) in [6, 6.07) is 2.11. The molecule has 102 valence electrons. The summed E-state index contributed by atoms with van der Waals surface area (Å²) in [5.41, 5.74) is 2.69. The van der Waals surface area contributed by atoms with Gasteiger partial charge in [0.05, 0.1) is 0 Å². The predicted octanol–water partition coefficient (Wildman–Crippen LogP) is 3.21. The zero-order valence-electron chi connectivity index (χ0n) is 12.5. The van der Waals surface area contributed by atoms with Gasteiger partial charge in [0.2, 0.25) is 0 Å². The van der Waals surface area contributed by atoms with Crippen molar-refractivity contribution in [2.75, 3.05) is 18.5 Å². The van der Waals surface area contributed by atoms with Gasteiger partial charge in [0.15, 0.2) is 0 Å². The van der Waals surface area contributed by atoms with E-state index in [1.807, 2.05) is 12.4 Å². The minimum absolute atomic E-state index is 0.134. The number of hydrogen-bond donors (Lipinski definition) is 1. The molecule has 0 aliphatic rings. The van der Waals surface area contributed by atoms with Gasteiger partial charge in [-0.25, -0.2) is 0 Å². The quantitative estimate of drug-likeness (QED) is 0.839. The number of nitrogens with zero attached hydrogens (tertiary/aromatic N) is 2. The van der Waals surface area contributed by atoms with E-state index >= 15 is 0 Å². The van der Waals surface area contributed by atoms with Crippen LogP contribution < -0.4 is 10.2 Å². The van der Waals surface area contributed by atoms with Crippen molar-refractivity contribution in [3.05, 3.63) is 24.0 Å². The maximum atomic E-state index is 4.24. The maximum Gasteiger partial charge on any atom is 0.0440 e. The molecule has 1 aromatic rings. The molecule has 0 spiro atoms. The summed E-state index contributed by atoms with van der Waals surface area (Å²) >= 11 is 0. The van der Waals surface area contributed by atoms with Crippen LogP contribution in [-0.2, 0) is 6.54 Å². The van der Waals surface area contributed by atoms with Crippen LogP contribution in [0, 0.1) is 0 Å². The third kappa shape index (κ3) is 5.05. The molecule has 1 N–H and O–H groups in total. The highest BCUT2D eigenvalue weighted by Crippen LogP contribution is 2.19. The summed E-state index contributed by atoms with van der Waals surface area (Å²) in [5.74, 6) is 0. The number of nitrogens with one attached hydrogen (secondary N) is 1. The van der Waals surface area contributed by atoms with E-state index in [1.165, 1.54) is 24.1 Å². The normalized spacial score (nSPS) is 11.6. The van der Waals surface area contributed by atoms with Crippen LogP contribution in [0.15, 0.2) is 18.5 Å². The first-order valence-electron chi connectivity index (χ1n) is 6.83. The average molecular weight is 249 g/mol. The summed E-state index contributed by atoms with van der Waals surface area (Å²) in [6.07, 6.45) is 6.30. The third-order valence-corrected chi connectivity index (χ3v) is 2.95. The van der Waals surface area contributed by atoms with Crippen LogP contribution in [0.1, 0.15) is 46.1 Å². The van der Waals surface area contributed by atoms with E-state index in [0.717, 1.165) is 13.1 Å². The van der Waals surface area contributed by atoms with E-state index in [1.54, 1.807) is 0 Å². The number of pyridine rings is 1. The van der Waals surface area contributed by atoms with Gasteiger partial charge >= 0.3 is 0 Å². The average Bonchev–Trinajstić information content (AvgIpc) is 2.33. The van der Waals surface area contributed by atoms with E-state index in [-0.39, 0.29) is 5.54 Å². The number of anilines is 1. The number of rotatable bonds is 6. The summed E-state index contributed by atoms with van der Waals surface area (Å²) in [4.78, 5) is 6.57. The summed E-state index contributed by atoms with van der Waals surface area (Å²) in [7, 11) is 2.16. The van der Waals surface area contributed by atoms with Crippen LogP contribution >= 0.6 is 0 Å². The largest absolute Gasteiger partial charge is 0.374 e. The maximum absolute atomic E-state index is 4.24. The fraction of sp³-hybridized carbons (Fsp3) is 0.667. The number of aromatic nitrogens is 1. The molecule has 0 amide bonds. The minimum atomic E-state index is 0.134. The van der Waals surface area contributed by atoms with Crippen molar-refractivity contribution in [3.8, 4) is 0 Å². The van der Waals surface area contributed by atoms with Gasteiger partial charge < -0.3 is 10.2 Å². The zero-order valence-corrected chi connectivity index (χ0v) is 12.5. The Kier molecular flexibility index (Phi) is 5.60. The predicted molar refractivity (Wildman–Crippen MR) is 79.0 cm³/mol. The van der Waals surface area contributed by atoms with Gasteiger partial charge in [0.1, 0.15) is 0 Å². The minimum Gasteiger partial charge on any atom is -0.374 e. The summed E-state index contributed by atoms with van der Waals surface area (Å²) < 4.78 is 0. The second-order valence-electron chi connectivity index (χ2n) is 5.88. The van der Waals surface area contributed by atoms with Crippen molar-refractivity contribution < 1.29 is 0 Å². The molecule has 0 fully saturated rings. The fourth-order valence-electron chi connectivity index (χ4n) is 1.80. The Labute approximate surface area is 112 Å². The van der Waals surface area contributed by atoms with Crippen molar-refractivity contribution in [2.24, 2.45) is 0 Å². The molecule has 1 rings (SSSR count). The fourth-order valence-corrected chi connectivity index (χ4v) is 1.80. The molecule has 0 radical (unpaired) electrons. The van der Waals surface area contributed by atoms with Gasteiger partial charge in [-0.15, -0.1) is 0 Å². The van der Waals surface area contributed by atoms with Crippen molar-refractivity contribution in [1.29, 1.82) is 0 Å². The van der Waals surface area contributed by atoms with Crippen molar-refractivity contribution >= 4 is 5.69 Å². The lowest BCUT2D eigenvalue weighted by molar-refractivity contribution is 0.424. The molecule has 3 nitrogen and oxygen atoms in total. The van der Waals surface area contributed by atoms with Gasteiger partial charge in [-0.2, -0.15) is 0 Å². The molecular weight excluding hydrogens is 222 g/mol. The second kappa shape index (κ2) is 6.74. The van der Waals surface area contributed by atoms with E-state index in [0.29, 0.717) is 0 Å². The molecule has 0 saturated heterocycles. The molecule has 0 aliphatic carbocycles. The third-order valence-electron chi connectivity index (χ3n) is 2.95. The van der Waals surface area contributed by atoms with Crippen molar-refractivity contribution in [3.63, 3.8) is 0 Å². The Balaban J connectivity index is 2.72. The van der Waals surface area contributed by atoms with Crippen LogP contribution in [0.4, 0.5) is 5.69 Å². The van der Waals surface area contributed by atoms with Crippen LogP contribution in [0.3, 0.4) is 0 Å². The van der Waals surface area contributed by atoms with Gasteiger partial charge in [0, 0.05) is 49.3 Å². The second-order valence-corrected chi connectivity index (χ2v) is 5.88. The molecule has 0 atom stereocenters. The molecular formula is C15H27N3. The molecule has 1 aromatic heterocycles. The van der Waals surface area contributed by atoms with E-state index in [2.05, 4.69) is 56.0 Å². The van der Waals surface area contributed by atoms with Crippen molar-refractivity contribution in [2.45, 2.75) is 52.6 Å². The Morgan fingerprint density at radius 3 is 2.67 bits per heavy atom. The van der Waals surface area contributed by atoms with Crippen molar-refractivity contribution in [1.82, 2.24) is 10.3 Å². The highest BCUT2D eigenvalue weighted by Gasteiger charge is 2.12. The van der Waals surface area contributed by atoms with E-state index < -0.39 is 0 Å². The molecule has 0 saturated carbocycles. The van der Waals surface area contributed by atoms with Crippen LogP contribution in [0.2, 0.25) is 0 Å². The first-order chi connectivity index (χ1) is 8.44. The van der Waals surface area contributed by atoms with E-state index in [4.69, 9.17) is 0 Å². The summed E-state index contributed by atoms with van der Waals surface area (Å²) in [6.45, 7) is 10.7. The van der Waals surface area contributed by atoms with Crippen LogP contribution in [0.5, 0.6) is 0 Å².